The average Bonchev–Trinajstić information content (AvgIpc) is 2.99. The minimum absolute atomic E-state index is 0.256. The Labute approximate surface area is 152 Å². The number of carbonyl (C=O) groups is 1. The van der Waals surface area contributed by atoms with Crippen LogP contribution in [0.15, 0.2) is 42.5 Å². The molecule has 128 valence electrons. The van der Waals surface area contributed by atoms with Crippen LogP contribution in [0, 0.1) is 0 Å². The zero-order valence-electron chi connectivity index (χ0n) is 14.0. The van der Waals surface area contributed by atoms with Crippen LogP contribution in [0.4, 0.5) is 0 Å². The van der Waals surface area contributed by atoms with E-state index in [0.29, 0.717) is 6.42 Å². The van der Waals surface area contributed by atoms with E-state index in [0.717, 1.165) is 36.9 Å². The molecule has 0 N–H and O–H groups in total. The van der Waals surface area contributed by atoms with Gasteiger partial charge in [0.05, 0.1) is 4.34 Å². The van der Waals surface area contributed by atoms with Crippen LogP contribution in [0.2, 0.25) is 4.34 Å². The molecule has 2 aromatic rings. The third kappa shape index (κ3) is 4.59. The molecular weight excluding hydrogens is 340 g/mol. The zero-order chi connectivity index (χ0) is 16.9. The second kappa shape index (κ2) is 8.15. The van der Waals surface area contributed by atoms with Gasteiger partial charge in [0.25, 0.3) is 0 Å². The molecule has 1 atom stereocenters. The number of halogens is 1. The molecular formula is C19H23ClN2OS. The van der Waals surface area contributed by atoms with Crippen LogP contribution in [0.3, 0.4) is 0 Å². The molecule has 0 spiro atoms. The first-order valence-electron chi connectivity index (χ1n) is 8.42. The van der Waals surface area contributed by atoms with Crippen molar-refractivity contribution >= 4 is 28.8 Å². The standard InChI is InChI=1S/C19H23ClN2OS/c1-15-13-21(14-16-5-3-2-4-6-16)11-12-22(15)19(23)10-8-17-7-9-18(20)24-17/h2-7,9,15H,8,10-14H2,1H3. The van der Waals surface area contributed by atoms with Crippen molar-refractivity contribution in [2.75, 3.05) is 19.6 Å². The van der Waals surface area contributed by atoms with E-state index < -0.39 is 0 Å². The molecule has 0 aliphatic carbocycles. The molecule has 1 aliphatic rings. The van der Waals surface area contributed by atoms with E-state index in [9.17, 15) is 4.79 Å². The zero-order valence-corrected chi connectivity index (χ0v) is 15.5. The van der Waals surface area contributed by atoms with Crippen molar-refractivity contribution in [3.63, 3.8) is 0 Å². The summed E-state index contributed by atoms with van der Waals surface area (Å²) >= 11 is 7.51. The highest BCUT2D eigenvalue weighted by atomic mass is 35.5. The summed E-state index contributed by atoms with van der Waals surface area (Å²) in [6.45, 7) is 5.80. The van der Waals surface area contributed by atoms with Gasteiger partial charge >= 0.3 is 0 Å². The topological polar surface area (TPSA) is 23.6 Å². The number of nitrogens with zero attached hydrogens (tertiary/aromatic N) is 2. The Kier molecular flexibility index (Phi) is 5.93. The molecule has 0 bridgehead atoms. The highest BCUT2D eigenvalue weighted by Crippen LogP contribution is 2.23. The summed E-state index contributed by atoms with van der Waals surface area (Å²) < 4.78 is 0.792. The van der Waals surface area contributed by atoms with Crippen LogP contribution >= 0.6 is 22.9 Å². The highest BCUT2D eigenvalue weighted by molar-refractivity contribution is 7.16. The summed E-state index contributed by atoms with van der Waals surface area (Å²) in [4.78, 5) is 18.2. The molecule has 24 heavy (non-hydrogen) atoms. The SMILES string of the molecule is CC1CN(Cc2ccccc2)CCN1C(=O)CCc1ccc(Cl)s1. The van der Waals surface area contributed by atoms with E-state index in [2.05, 4.69) is 36.1 Å². The summed E-state index contributed by atoms with van der Waals surface area (Å²) in [5.41, 5.74) is 1.33. The molecule has 1 aliphatic heterocycles. The Morgan fingerprint density at radius 3 is 2.67 bits per heavy atom. The quantitative estimate of drug-likeness (QED) is 0.800. The van der Waals surface area contributed by atoms with Crippen molar-refractivity contribution in [2.45, 2.75) is 32.4 Å². The monoisotopic (exact) mass is 362 g/mol. The fraction of sp³-hybridized carbons (Fsp3) is 0.421. The number of rotatable bonds is 5. The number of benzene rings is 1. The minimum atomic E-state index is 0.256. The maximum Gasteiger partial charge on any atom is 0.223 e. The van der Waals surface area contributed by atoms with Crippen LogP contribution in [0.25, 0.3) is 0 Å². The fourth-order valence-corrected chi connectivity index (χ4v) is 4.34. The number of carbonyl (C=O) groups excluding carboxylic acids is 1. The molecule has 0 radical (unpaired) electrons. The number of hydrogen-bond acceptors (Lipinski definition) is 3. The van der Waals surface area contributed by atoms with E-state index in [1.807, 2.05) is 23.1 Å². The van der Waals surface area contributed by atoms with Gasteiger partial charge in [-0.2, -0.15) is 0 Å². The molecule has 2 heterocycles. The van der Waals surface area contributed by atoms with Gasteiger partial charge in [0.2, 0.25) is 5.91 Å². The van der Waals surface area contributed by atoms with Gasteiger partial charge in [0, 0.05) is 43.5 Å². The van der Waals surface area contributed by atoms with Crippen molar-refractivity contribution in [1.29, 1.82) is 0 Å². The molecule has 1 fully saturated rings. The van der Waals surface area contributed by atoms with Crippen molar-refractivity contribution in [2.24, 2.45) is 0 Å². The van der Waals surface area contributed by atoms with Gasteiger partial charge in [-0.1, -0.05) is 41.9 Å². The first-order valence-corrected chi connectivity index (χ1v) is 9.61. The average molecular weight is 363 g/mol. The maximum absolute atomic E-state index is 12.5. The van der Waals surface area contributed by atoms with Gasteiger partial charge in [-0.05, 0) is 31.0 Å². The number of thiophene rings is 1. The lowest BCUT2D eigenvalue weighted by Crippen LogP contribution is -2.53. The molecule has 1 aromatic heterocycles. The molecule has 5 heteroatoms. The number of amides is 1. The van der Waals surface area contributed by atoms with E-state index in [-0.39, 0.29) is 11.9 Å². The number of piperazine rings is 1. The molecule has 0 saturated carbocycles. The molecule has 1 unspecified atom stereocenters. The van der Waals surface area contributed by atoms with Crippen LogP contribution < -0.4 is 0 Å². The summed E-state index contributed by atoms with van der Waals surface area (Å²) in [7, 11) is 0. The van der Waals surface area contributed by atoms with Crippen molar-refractivity contribution < 1.29 is 4.79 Å². The summed E-state index contributed by atoms with van der Waals surface area (Å²) in [6, 6.07) is 14.7. The van der Waals surface area contributed by atoms with Crippen LogP contribution in [-0.2, 0) is 17.8 Å². The first-order chi connectivity index (χ1) is 11.6. The summed E-state index contributed by atoms with van der Waals surface area (Å²) in [6.07, 6.45) is 1.35. The Morgan fingerprint density at radius 1 is 1.21 bits per heavy atom. The molecule has 3 nitrogen and oxygen atoms in total. The second-order valence-corrected chi connectivity index (χ2v) is 8.16. The largest absolute Gasteiger partial charge is 0.337 e. The van der Waals surface area contributed by atoms with Crippen molar-refractivity contribution in [3.05, 3.63) is 57.2 Å². The normalized spacial score (nSPS) is 18.8. The van der Waals surface area contributed by atoms with Gasteiger partial charge in [-0.3, -0.25) is 9.69 Å². The maximum atomic E-state index is 12.5. The molecule has 3 rings (SSSR count). The summed E-state index contributed by atoms with van der Waals surface area (Å²) in [5.74, 6) is 0.256. The van der Waals surface area contributed by atoms with Crippen molar-refractivity contribution in [1.82, 2.24) is 9.80 Å². The molecule has 1 amide bonds. The van der Waals surface area contributed by atoms with E-state index in [1.165, 1.54) is 10.4 Å². The Hall–Kier alpha value is -1.36. The lowest BCUT2D eigenvalue weighted by Gasteiger charge is -2.40. The van der Waals surface area contributed by atoms with Gasteiger partial charge in [0.1, 0.15) is 0 Å². The lowest BCUT2D eigenvalue weighted by atomic mass is 10.1. The lowest BCUT2D eigenvalue weighted by molar-refractivity contribution is -0.135. The van der Waals surface area contributed by atoms with Gasteiger partial charge in [-0.15, -0.1) is 11.3 Å². The van der Waals surface area contributed by atoms with Gasteiger partial charge in [0.15, 0.2) is 0 Å². The van der Waals surface area contributed by atoms with Crippen molar-refractivity contribution in [3.8, 4) is 0 Å². The molecule has 1 saturated heterocycles. The summed E-state index contributed by atoms with van der Waals surface area (Å²) in [5, 5.41) is 0. The van der Waals surface area contributed by atoms with Gasteiger partial charge < -0.3 is 4.90 Å². The predicted octanol–water partition coefficient (Wildman–Crippen LogP) is 4.07. The fourth-order valence-electron chi connectivity index (χ4n) is 3.25. The Morgan fingerprint density at radius 2 is 2.00 bits per heavy atom. The number of aryl methyl sites for hydroxylation is 1. The van der Waals surface area contributed by atoms with Gasteiger partial charge in [-0.25, -0.2) is 0 Å². The van der Waals surface area contributed by atoms with Crippen LogP contribution in [0.1, 0.15) is 23.8 Å². The van der Waals surface area contributed by atoms with E-state index in [1.54, 1.807) is 11.3 Å². The minimum Gasteiger partial charge on any atom is -0.337 e. The van der Waals surface area contributed by atoms with Crippen LogP contribution in [0.5, 0.6) is 0 Å². The Balaban J connectivity index is 1.48. The second-order valence-electron chi connectivity index (χ2n) is 6.36. The molecule has 1 aromatic carbocycles. The van der Waals surface area contributed by atoms with Crippen LogP contribution in [-0.4, -0.2) is 41.4 Å². The highest BCUT2D eigenvalue weighted by Gasteiger charge is 2.27. The smallest absolute Gasteiger partial charge is 0.223 e. The number of hydrogen-bond donors (Lipinski definition) is 0. The Bertz CT molecular complexity index is 673. The first kappa shape index (κ1) is 17.5. The van der Waals surface area contributed by atoms with E-state index >= 15 is 0 Å². The predicted molar refractivity (Wildman–Crippen MR) is 101 cm³/mol. The van der Waals surface area contributed by atoms with E-state index in [4.69, 9.17) is 11.6 Å². The third-order valence-electron chi connectivity index (χ3n) is 4.50. The third-order valence-corrected chi connectivity index (χ3v) is 5.79.